The van der Waals surface area contributed by atoms with Crippen molar-refractivity contribution in [3.8, 4) is 0 Å². The van der Waals surface area contributed by atoms with Gasteiger partial charge < -0.3 is 4.74 Å². The first-order valence-electron chi connectivity index (χ1n) is 9.31. The van der Waals surface area contributed by atoms with Gasteiger partial charge >= 0.3 is 0 Å². The van der Waals surface area contributed by atoms with E-state index in [1.54, 1.807) is 24.3 Å². The first-order chi connectivity index (χ1) is 13.0. The molecule has 0 bridgehead atoms. The molecular formula is C20H23NO6S. The third-order valence-corrected chi connectivity index (χ3v) is 8.55. The summed E-state index contributed by atoms with van der Waals surface area (Å²) in [5, 5.41) is 10.6. The molecule has 7 nitrogen and oxygen atoms in total. The Kier molecular flexibility index (Phi) is 4.02. The number of sulfone groups is 1. The van der Waals surface area contributed by atoms with Gasteiger partial charge in [-0.3, -0.25) is 14.9 Å². The number of carbonyl (C=O) groups is 1. The monoisotopic (exact) mass is 405 g/mol. The lowest BCUT2D eigenvalue weighted by Crippen LogP contribution is -2.56. The molecule has 1 saturated heterocycles. The molecule has 3 aliphatic rings. The topological polar surface area (TPSA) is 104 Å². The zero-order chi connectivity index (χ0) is 20.5. The average molecular weight is 405 g/mol. The molecule has 1 aliphatic carbocycles. The van der Waals surface area contributed by atoms with Crippen LogP contribution in [0.4, 0.5) is 0 Å². The van der Waals surface area contributed by atoms with Crippen molar-refractivity contribution in [1.82, 2.24) is 0 Å². The molecule has 8 heteroatoms. The van der Waals surface area contributed by atoms with Crippen LogP contribution in [-0.2, 0) is 19.4 Å². The standard InChI is InChI=1S/C20H23NO6S/c1-19(2)9-13(22)17-14(10-19)27-20(3)15(21(23)24)11-28(25,26)18(20)16(17)12-7-5-4-6-8-12/h4-8,15-16,18H,9-11H2,1-3H3/t15-,16-,18+,20-/m1/s1. The third-order valence-electron chi connectivity index (χ3n) is 6.25. The fraction of sp³-hybridized carbons (Fsp3) is 0.550. The minimum atomic E-state index is -3.85. The number of carbonyl (C=O) groups excluding carboxylic acids is 1. The Morgan fingerprint density at radius 1 is 1.14 bits per heavy atom. The molecule has 0 aromatic heterocycles. The van der Waals surface area contributed by atoms with Crippen molar-refractivity contribution in [2.45, 2.75) is 56.4 Å². The first kappa shape index (κ1) is 19.1. The molecule has 1 fully saturated rings. The van der Waals surface area contributed by atoms with Crippen LogP contribution in [0.15, 0.2) is 41.7 Å². The van der Waals surface area contributed by atoms with Gasteiger partial charge in [0.05, 0.1) is 0 Å². The Bertz CT molecular complexity index is 997. The molecule has 0 amide bonds. The van der Waals surface area contributed by atoms with Crippen molar-refractivity contribution in [2.24, 2.45) is 5.41 Å². The van der Waals surface area contributed by atoms with Gasteiger partial charge in [-0.15, -0.1) is 0 Å². The van der Waals surface area contributed by atoms with Crippen molar-refractivity contribution in [1.29, 1.82) is 0 Å². The lowest BCUT2D eigenvalue weighted by molar-refractivity contribution is -0.537. The van der Waals surface area contributed by atoms with E-state index in [2.05, 4.69) is 0 Å². The fourth-order valence-electron chi connectivity index (χ4n) is 5.10. The Hall–Kier alpha value is -2.22. The zero-order valence-electron chi connectivity index (χ0n) is 16.0. The van der Waals surface area contributed by atoms with E-state index in [4.69, 9.17) is 4.74 Å². The molecule has 4 atom stereocenters. The summed E-state index contributed by atoms with van der Waals surface area (Å²) in [6.45, 7) is 5.40. The molecule has 150 valence electrons. The zero-order valence-corrected chi connectivity index (χ0v) is 16.9. The predicted octanol–water partition coefficient (Wildman–Crippen LogP) is 2.64. The average Bonchev–Trinajstić information content (AvgIpc) is 2.79. The highest BCUT2D eigenvalue weighted by molar-refractivity contribution is 7.92. The van der Waals surface area contributed by atoms with Gasteiger partial charge in [0, 0.05) is 29.3 Å². The molecule has 0 saturated carbocycles. The highest BCUT2D eigenvalue weighted by Gasteiger charge is 2.70. The molecule has 0 spiro atoms. The SMILES string of the molecule is CC1(C)CC(=O)C2=C(C1)O[C@]1(C)[C@H]([N+](=O)[O-])CS(=O)(=O)[C@H]1[C@@H]2c1ccccc1. The van der Waals surface area contributed by atoms with Crippen LogP contribution in [0.25, 0.3) is 0 Å². The number of allylic oxidation sites excluding steroid dienone is 2. The number of rotatable bonds is 2. The van der Waals surface area contributed by atoms with E-state index in [9.17, 15) is 23.3 Å². The van der Waals surface area contributed by atoms with Crippen LogP contribution in [0.3, 0.4) is 0 Å². The van der Waals surface area contributed by atoms with Crippen LogP contribution < -0.4 is 0 Å². The molecule has 0 N–H and O–H groups in total. The minimum absolute atomic E-state index is 0.137. The Morgan fingerprint density at radius 2 is 1.79 bits per heavy atom. The van der Waals surface area contributed by atoms with Gasteiger partial charge in [-0.1, -0.05) is 44.2 Å². The summed E-state index contributed by atoms with van der Waals surface area (Å²) in [7, 11) is -3.85. The van der Waals surface area contributed by atoms with E-state index in [1.165, 1.54) is 6.92 Å². The number of nitro groups is 1. The summed E-state index contributed by atoms with van der Waals surface area (Å²) >= 11 is 0. The molecule has 1 aromatic carbocycles. The van der Waals surface area contributed by atoms with E-state index in [0.29, 0.717) is 29.7 Å². The van der Waals surface area contributed by atoms with Crippen molar-refractivity contribution in [3.05, 3.63) is 57.3 Å². The summed E-state index contributed by atoms with van der Waals surface area (Å²) in [5.74, 6) is -1.06. The number of fused-ring (bicyclic) bond motifs is 1. The number of hydrogen-bond donors (Lipinski definition) is 0. The van der Waals surface area contributed by atoms with Crippen molar-refractivity contribution < 1.29 is 22.9 Å². The van der Waals surface area contributed by atoms with Gasteiger partial charge in [0.2, 0.25) is 0 Å². The van der Waals surface area contributed by atoms with Crippen LogP contribution in [0.5, 0.6) is 0 Å². The normalized spacial score (nSPS) is 35.7. The fourth-order valence-corrected chi connectivity index (χ4v) is 7.83. The molecule has 4 rings (SSSR count). The van der Waals surface area contributed by atoms with Crippen molar-refractivity contribution in [3.63, 3.8) is 0 Å². The first-order valence-corrected chi connectivity index (χ1v) is 11.0. The second kappa shape index (κ2) is 5.89. The lowest BCUT2D eigenvalue weighted by atomic mass is 9.68. The molecule has 2 aliphatic heterocycles. The number of benzene rings is 1. The Balaban J connectivity index is 1.99. The quantitative estimate of drug-likeness (QED) is 0.553. The summed E-state index contributed by atoms with van der Waals surface area (Å²) in [6.07, 6.45) is 0.741. The maximum atomic E-state index is 13.1. The molecule has 28 heavy (non-hydrogen) atoms. The van der Waals surface area contributed by atoms with Gasteiger partial charge in [0.15, 0.2) is 21.2 Å². The molecule has 2 heterocycles. The van der Waals surface area contributed by atoms with Crippen molar-refractivity contribution >= 4 is 15.6 Å². The highest BCUT2D eigenvalue weighted by atomic mass is 32.2. The van der Waals surface area contributed by atoms with E-state index >= 15 is 0 Å². The van der Waals surface area contributed by atoms with E-state index < -0.39 is 43.3 Å². The lowest BCUT2D eigenvalue weighted by Gasteiger charge is -2.46. The van der Waals surface area contributed by atoms with Crippen LogP contribution >= 0.6 is 0 Å². The second-order valence-corrected chi connectivity index (χ2v) is 11.2. The van der Waals surface area contributed by atoms with E-state index in [-0.39, 0.29) is 11.2 Å². The van der Waals surface area contributed by atoms with Gasteiger partial charge in [-0.05, 0) is 17.9 Å². The van der Waals surface area contributed by atoms with Gasteiger partial charge in [-0.2, -0.15) is 0 Å². The van der Waals surface area contributed by atoms with Crippen LogP contribution in [0.2, 0.25) is 0 Å². The summed E-state index contributed by atoms with van der Waals surface area (Å²) in [5.41, 5.74) is -0.812. The van der Waals surface area contributed by atoms with Crippen LogP contribution in [0, 0.1) is 15.5 Å². The van der Waals surface area contributed by atoms with Crippen LogP contribution in [0.1, 0.15) is 45.1 Å². The van der Waals surface area contributed by atoms with E-state index in [1.807, 2.05) is 19.9 Å². The molecule has 0 radical (unpaired) electrons. The number of Topliss-reactive ketones (excluding diaryl/α,β-unsaturated/α-hetero) is 1. The Labute approximate surface area is 163 Å². The minimum Gasteiger partial charge on any atom is -0.483 e. The number of nitrogens with zero attached hydrogens (tertiary/aromatic N) is 1. The van der Waals surface area contributed by atoms with Gasteiger partial charge in [-0.25, -0.2) is 8.42 Å². The van der Waals surface area contributed by atoms with E-state index in [0.717, 1.165) is 0 Å². The Morgan fingerprint density at radius 3 is 2.39 bits per heavy atom. The second-order valence-electron chi connectivity index (χ2n) is 9.00. The summed E-state index contributed by atoms with van der Waals surface area (Å²) < 4.78 is 32.3. The third kappa shape index (κ3) is 2.69. The maximum absolute atomic E-state index is 13.1. The van der Waals surface area contributed by atoms with Gasteiger partial charge in [0.25, 0.3) is 6.04 Å². The number of ether oxygens (including phenoxy) is 1. The smallest absolute Gasteiger partial charge is 0.266 e. The number of hydrogen-bond acceptors (Lipinski definition) is 6. The molecule has 0 unspecified atom stereocenters. The van der Waals surface area contributed by atoms with Crippen LogP contribution in [-0.4, -0.2) is 41.8 Å². The predicted molar refractivity (Wildman–Crippen MR) is 102 cm³/mol. The van der Waals surface area contributed by atoms with Gasteiger partial charge in [0.1, 0.15) is 16.8 Å². The molecule has 1 aromatic rings. The summed E-state index contributed by atoms with van der Waals surface area (Å²) in [4.78, 5) is 24.2. The summed E-state index contributed by atoms with van der Waals surface area (Å²) in [6, 6.07) is 7.57. The highest BCUT2D eigenvalue weighted by Crippen LogP contribution is 2.55. The van der Waals surface area contributed by atoms with Crippen molar-refractivity contribution in [2.75, 3.05) is 5.75 Å². The maximum Gasteiger partial charge on any atom is 0.266 e. The largest absolute Gasteiger partial charge is 0.483 e. The number of ketones is 1. The molecular weight excluding hydrogens is 382 g/mol.